The zero-order chi connectivity index (χ0) is 15.4. The molecule has 0 saturated carbocycles. The van der Waals surface area contributed by atoms with Crippen LogP contribution in [0, 0.1) is 0 Å². The molecule has 0 atom stereocenters. The lowest BCUT2D eigenvalue weighted by Gasteiger charge is -2.22. The molecule has 6 heteroatoms. The fraction of sp³-hybridized carbons (Fsp3) is 0.400. The van der Waals surface area contributed by atoms with E-state index in [4.69, 9.17) is 18.0 Å². The van der Waals surface area contributed by atoms with Crippen molar-refractivity contribution in [1.29, 1.82) is 0 Å². The number of nitrogens with zero attached hydrogens (tertiary/aromatic N) is 3. The van der Waals surface area contributed by atoms with Gasteiger partial charge in [0, 0.05) is 13.6 Å². The summed E-state index contributed by atoms with van der Waals surface area (Å²) < 4.78 is 0. The summed E-state index contributed by atoms with van der Waals surface area (Å²) in [6.45, 7) is 4.93. The van der Waals surface area contributed by atoms with E-state index < -0.39 is 0 Å². The molecule has 0 unspecified atom stereocenters. The number of rotatable bonds is 6. The van der Waals surface area contributed by atoms with E-state index in [1.807, 2.05) is 7.05 Å². The number of aromatic nitrogens is 2. The van der Waals surface area contributed by atoms with E-state index in [9.17, 15) is 0 Å². The van der Waals surface area contributed by atoms with Crippen LogP contribution in [-0.4, -0.2) is 22.2 Å². The summed E-state index contributed by atoms with van der Waals surface area (Å²) in [6, 6.07) is 2.11. The molecule has 0 aliphatic rings. The Morgan fingerprint density at radius 2 is 2.10 bits per heavy atom. The largest absolute Gasteiger partial charge is 0.389 e. The van der Waals surface area contributed by atoms with Crippen molar-refractivity contribution in [3.05, 3.63) is 39.2 Å². The number of hydrogen-bond donors (Lipinski definition) is 1. The minimum absolute atomic E-state index is 0.392. The van der Waals surface area contributed by atoms with E-state index in [0.29, 0.717) is 4.99 Å². The van der Waals surface area contributed by atoms with Crippen molar-refractivity contribution in [2.24, 2.45) is 5.73 Å². The van der Waals surface area contributed by atoms with Gasteiger partial charge in [-0.25, -0.2) is 0 Å². The average Bonchev–Trinajstić information content (AvgIpc) is 2.98. The maximum absolute atomic E-state index is 5.96. The highest BCUT2D eigenvalue weighted by Gasteiger charge is 2.19. The highest BCUT2D eigenvalue weighted by atomic mass is 32.1. The molecule has 2 aromatic heterocycles. The predicted molar refractivity (Wildman–Crippen MR) is 93.1 cm³/mol. The summed E-state index contributed by atoms with van der Waals surface area (Å²) in [6.07, 6.45) is 1.69. The van der Waals surface area contributed by atoms with Crippen LogP contribution in [0.4, 0.5) is 5.82 Å². The molecule has 0 spiro atoms. The minimum Gasteiger partial charge on any atom is -0.389 e. The quantitative estimate of drug-likeness (QED) is 0.829. The zero-order valence-corrected chi connectivity index (χ0v) is 14.2. The van der Waals surface area contributed by atoms with Gasteiger partial charge in [0.2, 0.25) is 0 Å². The first-order valence-electron chi connectivity index (χ1n) is 6.98. The summed E-state index contributed by atoms with van der Waals surface area (Å²) in [7, 11) is 1.99. The molecule has 112 valence electrons. The SMILES string of the molecule is CCc1nnc(N(C)Cc2ccsc2)c(C(N)=S)c1CC. The van der Waals surface area contributed by atoms with Crippen LogP contribution < -0.4 is 10.6 Å². The molecule has 0 fully saturated rings. The lowest BCUT2D eigenvalue weighted by atomic mass is 10.0. The maximum atomic E-state index is 5.96. The van der Waals surface area contributed by atoms with E-state index in [1.165, 1.54) is 5.56 Å². The van der Waals surface area contributed by atoms with Crippen LogP contribution >= 0.6 is 23.6 Å². The molecule has 0 aliphatic carbocycles. The van der Waals surface area contributed by atoms with Gasteiger partial charge in [-0.05, 0) is 40.8 Å². The standard InChI is InChI=1S/C15H20N4S2/c1-4-11-12(5-2)17-18-15(13(11)14(16)20)19(3)8-10-6-7-21-9-10/h6-7,9H,4-5,8H2,1-3H3,(H2,16,20). The fourth-order valence-electron chi connectivity index (χ4n) is 2.42. The Kier molecular flexibility index (Phi) is 5.25. The molecule has 2 aromatic rings. The van der Waals surface area contributed by atoms with Gasteiger partial charge in [-0.3, -0.25) is 0 Å². The van der Waals surface area contributed by atoms with Crippen molar-refractivity contribution < 1.29 is 0 Å². The molecular weight excluding hydrogens is 300 g/mol. The van der Waals surface area contributed by atoms with Crippen molar-refractivity contribution >= 4 is 34.4 Å². The van der Waals surface area contributed by atoms with Crippen LogP contribution in [0.5, 0.6) is 0 Å². The average molecular weight is 320 g/mol. The highest BCUT2D eigenvalue weighted by molar-refractivity contribution is 7.80. The van der Waals surface area contributed by atoms with Crippen LogP contribution in [0.3, 0.4) is 0 Å². The lowest BCUT2D eigenvalue weighted by Crippen LogP contribution is -2.25. The maximum Gasteiger partial charge on any atom is 0.161 e. The third kappa shape index (κ3) is 3.39. The van der Waals surface area contributed by atoms with Crippen LogP contribution in [0.25, 0.3) is 0 Å². The molecule has 0 amide bonds. The molecule has 0 aromatic carbocycles. The van der Waals surface area contributed by atoms with Gasteiger partial charge in [0.05, 0.1) is 11.3 Å². The molecule has 2 N–H and O–H groups in total. The second-order valence-corrected chi connectivity index (χ2v) is 6.10. The molecular formula is C15H20N4S2. The summed E-state index contributed by atoms with van der Waals surface area (Å²) in [4.78, 5) is 2.45. The van der Waals surface area contributed by atoms with Gasteiger partial charge in [0.25, 0.3) is 0 Å². The van der Waals surface area contributed by atoms with Gasteiger partial charge in [-0.1, -0.05) is 26.1 Å². The molecule has 21 heavy (non-hydrogen) atoms. The first-order chi connectivity index (χ1) is 10.1. The van der Waals surface area contributed by atoms with Crippen molar-refractivity contribution in [3.63, 3.8) is 0 Å². The molecule has 0 saturated heterocycles. The second-order valence-electron chi connectivity index (χ2n) is 4.88. The highest BCUT2D eigenvalue weighted by Crippen LogP contribution is 2.24. The Bertz CT molecular complexity index is 623. The van der Waals surface area contributed by atoms with Crippen molar-refractivity contribution in [2.75, 3.05) is 11.9 Å². The number of anilines is 1. The van der Waals surface area contributed by atoms with E-state index in [-0.39, 0.29) is 0 Å². The smallest absolute Gasteiger partial charge is 0.161 e. The Morgan fingerprint density at radius 1 is 1.33 bits per heavy atom. The third-order valence-corrected chi connectivity index (χ3v) is 4.37. The first-order valence-corrected chi connectivity index (χ1v) is 8.34. The van der Waals surface area contributed by atoms with Gasteiger partial charge < -0.3 is 10.6 Å². The number of aryl methyl sites for hydroxylation is 1. The summed E-state index contributed by atoms with van der Waals surface area (Å²) >= 11 is 6.95. The van der Waals surface area contributed by atoms with E-state index >= 15 is 0 Å². The van der Waals surface area contributed by atoms with E-state index in [2.05, 4.69) is 45.8 Å². The molecule has 0 aliphatic heterocycles. The topological polar surface area (TPSA) is 55.0 Å². The molecule has 2 rings (SSSR count). The normalized spacial score (nSPS) is 10.6. The Balaban J connectivity index is 2.45. The van der Waals surface area contributed by atoms with Gasteiger partial charge in [0.15, 0.2) is 5.82 Å². The van der Waals surface area contributed by atoms with Crippen molar-refractivity contribution in [2.45, 2.75) is 33.2 Å². The second kappa shape index (κ2) is 6.95. The Hall–Kier alpha value is -1.53. The number of thiocarbonyl (C=S) groups is 1. The summed E-state index contributed by atoms with van der Waals surface area (Å²) in [5.74, 6) is 0.766. The monoisotopic (exact) mass is 320 g/mol. The van der Waals surface area contributed by atoms with E-state index in [0.717, 1.165) is 42.0 Å². The van der Waals surface area contributed by atoms with Crippen molar-refractivity contribution in [1.82, 2.24) is 10.2 Å². The van der Waals surface area contributed by atoms with Gasteiger partial charge >= 0.3 is 0 Å². The molecule has 4 nitrogen and oxygen atoms in total. The van der Waals surface area contributed by atoms with Crippen LogP contribution in [-0.2, 0) is 19.4 Å². The molecule has 0 bridgehead atoms. The first kappa shape index (κ1) is 15.9. The lowest BCUT2D eigenvalue weighted by molar-refractivity contribution is 0.822. The van der Waals surface area contributed by atoms with Crippen LogP contribution in [0.2, 0.25) is 0 Å². The number of hydrogen-bond acceptors (Lipinski definition) is 5. The Labute approximate surface area is 135 Å². The number of nitrogens with two attached hydrogens (primary N) is 1. The van der Waals surface area contributed by atoms with Gasteiger partial charge in [-0.2, -0.15) is 16.4 Å². The predicted octanol–water partition coefficient (Wildman–Crippen LogP) is 2.93. The summed E-state index contributed by atoms with van der Waals surface area (Å²) in [5, 5.41) is 12.9. The summed E-state index contributed by atoms with van der Waals surface area (Å²) in [5.41, 5.74) is 10.2. The zero-order valence-electron chi connectivity index (χ0n) is 12.6. The van der Waals surface area contributed by atoms with Crippen molar-refractivity contribution in [3.8, 4) is 0 Å². The van der Waals surface area contributed by atoms with Crippen LogP contribution in [0.15, 0.2) is 16.8 Å². The third-order valence-electron chi connectivity index (χ3n) is 3.44. The fourth-order valence-corrected chi connectivity index (χ4v) is 3.29. The molecule has 0 radical (unpaired) electrons. The van der Waals surface area contributed by atoms with Gasteiger partial charge in [-0.15, -0.1) is 5.10 Å². The van der Waals surface area contributed by atoms with Crippen LogP contribution in [0.1, 0.15) is 36.2 Å². The molecule has 2 heterocycles. The van der Waals surface area contributed by atoms with Gasteiger partial charge in [0.1, 0.15) is 4.99 Å². The van der Waals surface area contributed by atoms with E-state index in [1.54, 1.807) is 11.3 Å². The minimum atomic E-state index is 0.392. The number of thiophene rings is 1. The Morgan fingerprint density at radius 3 is 2.62 bits per heavy atom.